The molecule has 1 N–H and O–H groups in total. The van der Waals surface area contributed by atoms with Gasteiger partial charge in [-0.25, -0.2) is 9.59 Å². The van der Waals surface area contributed by atoms with E-state index in [0.717, 1.165) is 36.1 Å². The Balaban J connectivity index is 1.98. The summed E-state index contributed by atoms with van der Waals surface area (Å²) < 4.78 is 11.9. The van der Waals surface area contributed by atoms with Crippen molar-refractivity contribution < 1.29 is 34.1 Å². The Hall–Kier alpha value is -3.36. The fraction of sp³-hybridized carbons (Fsp3) is 0.478. The molecule has 0 amide bonds. The van der Waals surface area contributed by atoms with Crippen LogP contribution in [-0.2, 0) is 20.8 Å². The number of nitrogens with zero attached hydrogens (tertiary/aromatic N) is 1. The van der Waals surface area contributed by atoms with Crippen molar-refractivity contribution in [3.63, 3.8) is 0 Å². The number of carbonyl (C=O) groups excluding carboxylic acids is 1. The number of carboxylic acids is 1. The quantitative estimate of drug-likeness (QED) is 0.121. The summed E-state index contributed by atoms with van der Waals surface area (Å²) in [5.74, 6) is -0.840. The lowest BCUT2D eigenvalue weighted by atomic mass is 9.67. The van der Waals surface area contributed by atoms with Crippen molar-refractivity contribution in [2.24, 2.45) is 5.92 Å². The van der Waals surface area contributed by atoms with Crippen LogP contribution in [0, 0.1) is 16.0 Å². The Kier molecular flexibility index (Phi) is 6.86. The lowest BCUT2D eigenvalue weighted by Crippen LogP contribution is -2.45. The average molecular weight is 445 g/mol. The number of benzene rings is 1. The van der Waals surface area contributed by atoms with Crippen molar-refractivity contribution in [1.82, 2.24) is 0 Å². The first-order chi connectivity index (χ1) is 15.1. The minimum absolute atomic E-state index is 0.0540. The molecule has 0 aromatic heterocycles. The molecular formula is C23H27NO8. The van der Waals surface area contributed by atoms with Crippen molar-refractivity contribution in [3.8, 4) is 11.5 Å². The van der Waals surface area contributed by atoms with Gasteiger partial charge in [-0.1, -0.05) is 11.6 Å². The van der Waals surface area contributed by atoms with Gasteiger partial charge in [-0.15, -0.1) is 10.1 Å². The third kappa shape index (κ3) is 5.46. The topological polar surface area (TPSA) is 125 Å². The van der Waals surface area contributed by atoms with Crippen LogP contribution < -0.4 is 9.47 Å². The zero-order chi connectivity index (χ0) is 23.5. The molecule has 2 aliphatic rings. The van der Waals surface area contributed by atoms with Gasteiger partial charge in [0.1, 0.15) is 17.1 Å². The number of esters is 1. The largest absolute Gasteiger partial charge is 0.487 e. The second kappa shape index (κ2) is 9.42. The van der Waals surface area contributed by atoms with E-state index < -0.39 is 22.6 Å². The van der Waals surface area contributed by atoms with E-state index in [2.05, 4.69) is 17.8 Å². The first-order valence-corrected chi connectivity index (χ1v) is 10.5. The predicted molar refractivity (Wildman–Crippen MR) is 114 cm³/mol. The number of ether oxygens (including phenoxy) is 2. The van der Waals surface area contributed by atoms with E-state index in [1.807, 2.05) is 19.9 Å². The van der Waals surface area contributed by atoms with Crippen LogP contribution in [-0.4, -0.2) is 34.3 Å². The summed E-state index contributed by atoms with van der Waals surface area (Å²) in [5.41, 5.74) is 2.38. The fourth-order valence-electron chi connectivity index (χ4n) is 4.53. The lowest BCUT2D eigenvalue weighted by Gasteiger charge is -2.47. The summed E-state index contributed by atoms with van der Waals surface area (Å²) in [6.07, 6.45) is 6.29. The summed E-state index contributed by atoms with van der Waals surface area (Å²) >= 11 is 0. The summed E-state index contributed by atoms with van der Waals surface area (Å²) in [7, 11) is 0. The molecule has 1 heterocycles. The van der Waals surface area contributed by atoms with E-state index in [-0.39, 0.29) is 18.4 Å². The summed E-state index contributed by atoms with van der Waals surface area (Å²) in [6, 6.07) is 3.61. The number of hydrogen-bond donors (Lipinski definition) is 1. The molecule has 172 valence electrons. The SMILES string of the molecule is CC1=CC[C@@H]2[C@@H](C1)c1c(OC(=O)/C=C/C(=O)O)cc(CCCO[N+](=O)[O-])cc1OC2(C)C. The molecule has 1 aromatic carbocycles. The summed E-state index contributed by atoms with van der Waals surface area (Å²) in [4.78, 5) is 37.8. The molecule has 0 radical (unpaired) electrons. The third-order valence-electron chi connectivity index (χ3n) is 5.93. The molecule has 3 rings (SSSR count). The number of aryl methyl sites for hydroxylation is 1. The van der Waals surface area contributed by atoms with Gasteiger partial charge in [0.05, 0.1) is 6.61 Å². The first-order valence-electron chi connectivity index (χ1n) is 10.5. The van der Waals surface area contributed by atoms with Gasteiger partial charge in [0.2, 0.25) is 0 Å². The Labute approximate surface area is 185 Å². The third-order valence-corrected chi connectivity index (χ3v) is 5.93. The zero-order valence-electron chi connectivity index (χ0n) is 18.3. The van der Waals surface area contributed by atoms with Crippen molar-refractivity contribution >= 4 is 11.9 Å². The van der Waals surface area contributed by atoms with Crippen LogP contribution in [0.15, 0.2) is 35.9 Å². The summed E-state index contributed by atoms with van der Waals surface area (Å²) in [6.45, 7) is 6.10. The molecule has 0 unspecified atom stereocenters. The van der Waals surface area contributed by atoms with Crippen molar-refractivity contribution in [1.29, 1.82) is 0 Å². The maximum atomic E-state index is 12.3. The normalized spacial score (nSPS) is 21.0. The number of carboxylic acid groups (broad SMARTS) is 1. The Bertz CT molecular complexity index is 978. The Morgan fingerprint density at radius 2 is 2.09 bits per heavy atom. The van der Waals surface area contributed by atoms with Gasteiger partial charge in [0, 0.05) is 29.6 Å². The van der Waals surface area contributed by atoms with E-state index in [1.54, 1.807) is 6.07 Å². The fourth-order valence-corrected chi connectivity index (χ4v) is 4.53. The lowest BCUT2D eigenvalue weighted by molar-refractivity contribution is -0.757. The van der Waals surface area contributed by atoms with E-state index in [9.17, 15) is 19.7 Å². The molecule has 1 aliphatic heterocycles. The molecule has 0 spiro atoms. The molecule has 9 nitrogen and oxygen atoms in total. The molecule has 0 bridgehead atoms. The highest BCUT2D eigenvalue weighted by atomic mass is 16.9. The second-order valence-electron chi connectivity index (χ2n) is 8.67. The van der Waals surface area contributed by atoms with Crippen molar-refractivity contribution in [2.45, 2.75) is 58.0 Å². The minimum atomic E-state index is -1.25. The van der Waals surface area contributed by atoms with Gasteiger partial charge < -0.3 is 19.4 Å². The highest BCUT2D eigenvalue weighted by molar-refractivity contribution is 5.92. The smallest absolute Gasteiger partial charge is 0.336 e. The van der Waals surface area contributed by atoms with Crippen LogP contribution in [0.1, 0.15) is 57.1 Å². The van der Waals surface area contributed by atoms with Crippen LogP contribution in [0.3, 0.4) is 0 Å². The van der Waals surface area contributed by atoms with Gasteiger partial charge in [-0.05, 0) is 64.2 Å². The molecule has 0 saturated carbocycles. The molecule has 0 fully saturated rings. The van der Waals surface area contributed by atoms with Crippen LogP contribution in [0.4, 0.5) is 0 Å². The highest BCUT2D eigenvalue weighted by Crippen LogP contribution is 2.54. The second-order valence-corrected chi connectivity index (χ2v) is 8.67. The van der Waals surface area contributed by atoms with E-state index >= 15 is 0 Å². The standard InChI is InChI=1S/C23H27NO8/c1-14-6-7-17-16(11-14)22-18(31-21(27)9-8-20(25)26)12-15(5-4-10-30-24(28)29)13-19(22)32-23(17,2)3/h6,8-9,12-13,16-17H,4-5,7,10-11H2,1-3H3,(H,25,26)/b9-8+/t16-,17-/m1/s1. The molecule has 1 aliphatic carbocycles. The summed E-state index contributed by atoms with van der Waals surface area (Å²) in [5, 5.41) is 18.3. The monoisotopic (exact) mass is 445 g/mol. The number of fused-ring (bicyclic) bond motifs is 3. The maximum absolute atomic E-state index is 12.3. The molecular weight excluding hydrogens is 418 g/mol. The Morgan fingerprint density at radius 1 is 1.34 bits per heavy atom. The predicted octanol–water partition coefficient (Wildman–Crippen LogP) is 3.98. The minimum Gasteiger partial charge on any atom is -0.487 e. The van der Waals surface area contributed by atoms with Crippen LogP contribution in [0.25, 0.3) is 0 Å². The molecule has 9 heteroatoms. The van der Waals surface area contributed by atoms with E-state index in [4.69, 9.17) is 14.6 Å². The molecule has 2 atom stereocenters. The van der Waals surface area contributed by atoms with Crippen LogP contribution in [0.2, 0.25) is 0 Å². The van der Waals surface area contributed by atoms with E-state index in [0.29, 0.717) is 24.3 Å². The number of aliphatic carboxylic acids is 1. The number of allylic oxidation sites excluding steroid dienone is 2. The average Bonchev–Trinajstić information content (AvgIpc) is 2.68. The van der Waals surface area contributed by atoms with Gasteiger partial charge in [0.25, 0.3) is 5.09 Å². The van der Waals surface area contributed by atoms with Crippen molar-refractivity contribution in [3.05, 3.63) is 57.2 Å². The molecule has 1 aromatic rings. The zero-order valence-corrected chi connectivity index (χ0v) is 18.3. The number of rotatable bonds is 8. The molecule has 32 heavy (non-hydrogen) atoms. The molecule has 0 saturated heterocycles. The van der Waals surface area contributed by atoms with Gasteiger partial charge >= 0.3 is 11.9 Å². The maximum Gasteiger partial charge on any atom is 0.336 e. The van der Waals surface area contributed by atoms with E-state index in [1.165, 1.54) is 5.57 Å². The van der Waals surface area contributed by atoms with Crippen LogP contribution in [0.5, 0.6) is 11.5 Å². The Morgan fingerprint density at radius 3 is 2.78 bits per heavy atom. The van der Waals surface area contributed by atoms with Gasteiger partial charge in [0.15, 0.2) is 0 Å². The highest BCUT2D eigenvalue weighted by Gasteiger charge is 2.46. The van der Waals surface area contributed by atoms with Crippen molar-refractivity contribution in [2.75, 3.05) is 6.61 Å². The number of carbonyl (C=O) groups is 2. The number of hydrogen-bond acceptors (Lipinski definition) is 7. The van der Waals surface area contributed by atoms with Gasteiger partial charge in [-0.3, -0.25) is 0 Å². The van der Waals surface area contributed by atoms with Gasteiger partial charge in [-0.2, -0.15) is 0 Å². The van der Waals surface area contributed by atoms with Crippen LogP contribution >= 0.6 is 0 Å². The first kappa shape index (κ1) is 23.3.